The molecule has 4 heteroatoms. The van der Waals surface area contributed by atoms with Gasteiger partial charge in [-0.3, -0.25) is 4.79 Å². The first-order valence-electron chi connectivity index (χ1n) is 4.61. The van der Waals surface area contributed by atoms with Gasteiger partial charge in [0.1, 0.15) is 0 Å². The van der Waals surface area contributed by atoms with E-state index < -0.39 is 0 Å². The van der Waals surface area contributed by atoms with E-state index in [-0.39, 0.29) is 11.7 Å². The van der Waals surface area contributed by atoms with Crippen LogP contribution in [0.1, 0.15) is 37.2 Å². The zero-order valence-electron chi connectivity index (χ0n) is 8.41. The van der Waals surface area contributed by atoms with Gasteiger partial charge in [0.15, 0.2) is 5.76 Å². The van der Waals surface area contributed by atoms with Gasteiger partial charge in [0, 0.05) is 5.71 Å². The number of hydrogen-bond acceptors (Lipinski definition) is 3. The van der Waals surface area contributed by atoms with Gasteiger partial charge in [-0.25, -0.2) is 5.43 Å². The van der Waals surface area contributed by atoms with Crippen molar-refractivity contribution in [3.8, 4) is 0 Å². The molecule has 14 heavy (non-hydrogen) atoms. The predicted octanol–water partition coefficient (Wildman–Crippen LogP) is 2.19. The van der Waals surface area contributed by atoms with Gasteiger partial charge in [-0.1, -0.05) is 13.3 Å². The van der Waals surface area contributed by atoms with Crippen LogP contribution in [0.2, 0.25) is 0 Å². The summed E-state index contributed by atoms with van der Waals surface area (Å²) >= 11 is 0. The summed E-state index contributed by atoms with van der Waals surface area (Å²) < 4.78 is 4.91. The molecule has 0 atom stereocenters. The molecule has 76 valence electrons. The largest absolute Gasteiger partial charge is 0.459 e. The minimum absolute atomic E-state index is 0.276. The molecule has 0 aliphatic heterocycles. The van der Waals surface area contributed by atoms with Crippen LogP contribution in [-0.4, -0.2) is 11.6 Å². The molecule has 0 fully saturated rings. The maximum atomic E-state index is 11.3. The first-order chi connectivity index (χ1) is 6.74. The first-order valence-corrected chi connectivity index (χ1v) is 4.61. The number of hydrogen-bond donors (Lipinski definition) is 1. The topological polar surface area (TPSA) is 54.6 Å². The van der Waals surface area contributed by atoms with E-state index in [0.717, 1.165) is 18.6 Å². The van der Waals surface area contributed by atoms with Crippen LogP contribution in [0.15, 0.2) is 27.9 Å². The molecule has 1 aromatic rings. The predicted molar refractivity (Wildman–Crippen MR) is 54.2 cm³/mol. The number of amides is 1. The average molecular weight is 194 g/mol. The summed E-state index contributed by atoms with van der Waals surface area (Å²) in [4.78, 5) is 11.3. The van der Waals surface area contributed by atoms with Crippen molar-refractivity contribution < 1.29 is 9.21 Å². The lowest BCUT2D eigenvalue weighted by atomic mass is 10.2. The molecule has 0 unspecified atom stereocenters. The van der Waals surface area contributed by atoms with Crippen LogP contribution >= 0.6 is 0 Å². The highest BCUT2D eigenvalue weighted by Gasteiger charge is 2.06. The molecule has 0 saturated carbocycles. The number of rotatable bonds is 4. The number of carbonyl (C=O) groups excluding carboxylic acids is 1. The molecule has 1 amide bonds. The standard InChI is InChI=1S/C10H14N2O2/c1-3-5-8(2)11-12-10(13)9-6-4-7-14-9/h4,6-7H,3,5H2,1-2H3,(H,12,13)/b11-8+. The van der Waals surface area contributed by atoms with Crippen molar-refractivity contribution in [2.75, 3.05) is 0 Å². The fourth-order valence-electron chi connectivity index (χ4n) is 1.03. The Bertz CT molecular complexity index is 315. The number of hydrazone groups is 1. The average Bonchev–Trinajstić information content (AvgIpc) is 2.67. The van der Waals surface area contributed by atoms with E-state index in [2.05, 4.69) is 17.5 Å². The Kier molecular flexibility index (Phi) is 3.91. The van der Waals surface area contributed by atoms with Gasteiger partial charge in [0.25, 0.3) is 0 Å². The second-order valence-corrected chi connectivity index (χ2v) is 3.02. The molecule has 0 aliphatic carbocycles. The SMILES string of the molecule is CCC/C(C)=N/NC(=O)c1ccco1. The summed E-state index contributed by atoms with van der Waals surface area (Å²) in [5.41, 5.74) is 3.33. The van der Waals surface area contributed by atoms with Crippen LogP contribution in [0.5, 0.6) is 0 Å². The normalized spacial score (nSPS) is 11.4. The van der Waals surface area contributed by atoms with Crippen molar-refractivity contribution in [3.63, 3.8) is 0 Å². The lowest BCUT2D eigenvalue weighted by Gasteiger charge is -1.98. The summed E-state index contributed by atoms with van der Waals surface area (Å²) in [6, 6.07) is 3.26. The Morgan fingerprint density at radius 2 is 2.43 bits per heavy atom. The number of nitrogens with one attached hydrogen (secondary N) is 1. The summed E-state index contributed by atoms with van der Waals surface area (Å²) in [7, 11) is 0. The molecular weight excluding hydrogens is 180 g/mol. The highest BCUT2D eigenvalue weighted by molar-refractivity contribution is 5.92. The Balaban J connectivity index is 2.46. The van der Waals surface area contributed by atoms with Crippen molar-refractivity contribution >= 4 is 11.6 Å². The maximum Gasteiger partial charge on any atom is 0.307 e. The Hall–Kier alpha value is -1.58. The molecule has 0 spiro atoms. The molecule has 1 rings (SSSR count). The summed E-state index contributed by atoms with van der Waals surface area (Å²) in [6.07, 6.45) is 3.36. The van der Waals surface area contributed by atoms with Gasteiger partial charge in [-0.05, 0) is 25.5 Å². The zero-order valence-corrected chi connectivity index (χ0v) is 8.41. The minimum atomic E-state index is -0.314. The summed E-state index contributed by atoms with van der Waals surface area (Å²) in [5, 5.41) is 3.93. The van der Waals surface area contributed by atoms with E-state index in [9.17, 15) is 4.79 Å². The van der Waals surface area contributed by atoms with Crippen LogP contribution in [0.3, 0.4) is 0 Å². The van der Waals surface area contributed by atoms with Crippen LogP contribution < -0.4 is 5.43 Å². The third-order valence-corrected chi connectivity index (χ3v) is 1.71. The van der Waals surface area contributed by atoms with Crippen LogP contribution in [0, 0.1) is 0 Å². The lowest BCUT2D eigenvalue weighted by Crippen LogP contribution is -2.18. The van der Waals surface area contributed by atoms with E-state index in [1.807, 2.05) is 6.92 Å². The molecule has 0 bridgehead atoms. The first kappa shape index (κ1) is 10.5. The minimum Gasteiger partial charge on any atom is -0.459 e. The highest BCUT2D eigenvalue weighted by atomic mass is 16.3. The fraction of sp³-hybridized carbons (Fsp3) is 0.400. The Morgan fingerprint density at radius 1 is 1.64 bits per heavy atom. The molecule has 1 aromatic heterocycles. The van der Waals surface area contributed by atoms with Crippen molar-refractivity contribution in [1.82, 2.24) is 5.43 Å². The van der Waals surface area contributed by atoms with E-state index in [4.69, 9.17) is 4.42 Å². The Morgan fingerprint density at radius 3 is 3.00 bits per heavy atom. The van der Waals surface area contributed by atoms with Crippen molar-refractivity contribution in [3.05, 3.63) is 24.2 Å². The third kappa shape index (κ3) is 3.05. The molecule has 0 aliphatic rings. The van der Waals surface area contributed by atoms with Gasteiger partial charge in [0.2, 0.25) is 0 Å². The van der Waals surface area contributed by atoms with Crippen molar-refractivity contribution in [1.29, 1.82) is 0 Å². The molecule has 0 aromatic carbocycles. The molecule has 4 nitrogen and oxygen atoms in total. The summed E-state index contributed by atoms with van der Waals surface area (Å²) in [5.74, 6) is -0.0384. The second kappa shape index (κ2) is 5.21. The number of furan rings is 1. The highest BCUT2D eigenvalue weighted by Crippen LogP contribution is 1.99. The monoisotopic (exact) mass is 194 g/mol. The second-order valence-electron chi connectivity index (χ2n) is 3.02. The van der Waals surface area contributed by atoms with Crippen molar-refractivity contribution in [2.24, 2.45) is 5.10 Å². The molecule has 0 saturated heterocycles. The van der Waals surface area contributed by atoms with E-state index in [1.54, 1.807) is 12.1 Å². The van der Waals surface area contributed by atoms with E-state index in [0.29, 0.717) is 0 Å². The van der Waals surface area contributed by atoms with Crippen LogP contribution in [0.25, 0.3) is 0 Å². The molecule has 1 heterocycles. The fourth-order valence-corrected chi connectivity index (χ4v) is 1.03. The van der Waals surface area contributed by atoms with Gasteiger partial charge in [0.05, 0.1) is 6.26 Å². The molecule has 0 radical (unpaired) electrons. The number of carbonyl (C=O) groups is 1. The third-order valence-electron chi connectivity index (χ3n) is 1.71. The van der Waals surface area contributed by atoms with Gasteiger partial charge < -0.3 is 4.42 Å². The Labute approximate surface area is 83.0 Å². The van der Waals surface area contributed by atoms with Crippen molar-refractivity contribution in [2.45, 2.75) is 26.7 Å². The van der Waals surface area contributed by atoms with Gasteiger partial charge in [-0.15, -0.1) is 0 Å². The smallest absolute Gasteiger partial charge is 0.307 e. The van der Waals surface area contributed by atoms with Crippen LogP contribution in [-0.2, 0) is 0 Å². The maximum absolute atomic E-state index is 11.3. The molecular formula is C10H14N2O2. The summed E-state index contributed by atoms with van der Waals surface area (Å²) in [6.45, 7) is 3.94. The van der Waals surface area contributed by atoms with E-state index >= 15 is 0 Å². The lowest BCUT2D eigenvalue weighted by molar-refractivity contribution is 0.0927. The van der Waals surface area contributed by atoms with Gasteiger partial charge >= 0.3 is 5.91 Å². The quantitative estimate of drug-likeness (QED) is 0.590. The number of nitrogens with zero attached hydrogens (tertiary/aromatic N) is 1. The molecule has 1 N–H and O–H groups in total. The van der Waals surface area contributed by atoms with Gasteiger partial charge in [-0.2, -0.15) is 5.10 Å². The zero-order chi connectivity index (χ0) is 10.4. The van der Waals surface area contributed by atoms with Crippen LogP contribution in [0.4, 0.5) is 0 Å². The van der Waals surface area contributed by atoms with E-state index in [1.165, 1.54) is 6.26 Å².